The van der Waals surface area contributed by atoms with Gasteiger partial charge in [0.05, 0.1) is 5.69 Å². The summed E-state index contributed by atoms with van der Waals surface area (Å²) in [5, 5.41) is 2.53. The summed E-state index contributed by atoms with van der Waals surface area (Å²) in [5.41, 5.74) is 13.4. The van der Waals surface area contributed by atoms with Crippen molar-refractivity contribution in [3.05, 3.63) is 38.5 Å². The van der Waals surface area contributed by atoms with Crippen LogP contribution in [0.5, 0.6) is 0 Å². The summed E-state index contributed by atoms with van der Waals surface area (Å²) in [4.78, 5) is 28.3. The lowest BCUT2D eigenvalue weighted by Crippen LogP contribution is -2.21. The van der Waals surface area contributed by atoms with Gasteiger partial charge in [0, 0.05) is 34.6 Å². The smallest absolute Gasteiger partial charge is 0.276 e. The molecule has 2 aromatic rings. The highest BCUT2D eigenvalue weighted by atomic mass is 35.5. The monoisotopic (exact) mass is 508 g/mol. The molecule has 5 N–H and O–H groups in total. The highest BCUT2D eigenvalue weighted by Gasteiger charge is 2.08. The van der Waals surface area contributed by atoms with Crippen LogP contribution in [-0.4, -0.2) is 26.7 Å². The molecule has 2 aromatic heterocycles. The average molecular weight is 510 g/mol. The largest absolute Gasteiger partial charge is 0.370 e. The van der Waals surface area contributed by atoms with Crippen molar-refractivity contribution in [2.24, 2.45) is 16.5 Å². The number of unbranched alkanes of at least 4 members (excludes halogenated alkanes) is 5. The van der Waals surface area contributed by atoms with E-state index < -0.39 is 0 Å². The Bertz CT molecular complexity index is 852. The first kappa shape index (κ1) is 29.7. The molecule has 0 radical (unpaired) electrons. The fourth-order valence-electron chi connectivity index (χ4n) is 3.04. The third kappa shape index (κ3) is 11.2. The minimum absolute atomic E-state index is 0. The first-order valence-electron chi connectivity index (χ1n) is 10.2. The third-order valence-electron chi connectivity index (χ3n) is 4.56. The van der Waals surface area contributed by atoms with Crippen LogP contribution in [0.15, 0.2) is 15.2 Å². The SMILES string of the molecule is CCCCCCCCc1c(C)[nH]c(CCSCc2csc(N=C(N)N)n2)nc1=O.Cl.Cl. The Morgan fingerprint density at radius 1 is 1.13 bits per heavy atom. The number of aryl methyl sites for hydroxylation is 2. The van der Waals surface area contributed by atoms with Gasteiger partial charge in [0.15, 0.2) is 5.96 Å². The van der Waals surface area contributed by atoms with Crippen LogP contribution in [0.25, 0.3) is 0 Å². The Labute approximate surface area is 205 Å². The Balaban J connectivity index is 0.00000450. The predicted molar refractivity (Wildman–Crippen MR) is 139 cm³/mol. The molecule has 0 spiro atoms. The maximum atomic E-state index is 12.4. The Morgan fingerprint density at radius 2 is 1.84 bits per heavy atom. The molecule has 0 saturated heterocycles. The summed E-state index contributed by atoms with van der Waals surface area (Å²) in [5.74, 6) is 2.40. The molecule has 0 fully saturated rings. The molecule has 7 nitrogen and oxygen atoms in total. The second-order valence-electron chi connectivity index (χ2n) is 7.07. The lowest BCUT2D eigenvalue weighted by atomic mass is 10.0. The van der Waals surface area contributed by atoms with Gasteiger partial charge in [-0.05, 0) is 19.8 Å². The minimum atomic E-state index is -0.0730. The number of H-pyrrole nitrogens is 1. The number of nitrogens with one attached hydrogen (secondary N) is 1. The zero-order valence-electron chi connectivity index (χ0n) is 18.2. The quantitative estimate of drug-likeness (QED) is 0.205. The van der Waals surface area contributed by atoms with Gasteiger partial charge in [-0.1, -0.05) is 39.0 Å². The number of aromatic nitrogens is 3. The second kappa shape index (κ2) is 16.4. The van der Waals surface area contributed by atoms with Gasteiger partial charge in [0.2, 0.25) is 5.13 Å². The van der Waals surface area contributed by atoms with Crippen LogP contribution >= 0.6 is 47.9 Å². The molecular weight excluding hydrogens is 475 g/mol. The first-order chi connectivity index (χ1) is 14.0. The van der Waals surface area contributed by atoms with Crippen LogP contribution in [-0.2, 0) is 18.6 Å². The van der Waals surface area contributed by atoms with E-state index in [1.54, 1.807) is 11.8 Å². The van der Waals surface area contributed by atoms with Crippen LogP contribution in [0.2, 0.25) is 0 Å². The lowest BCUT2D eigenvalue weighted by molar-refractivity contribution is 0.604. The molecule has 2 heterocycles. The van der Waals surface area contributed by atoms with E-state index in [0.717, 1.165) is 53.5 Å². The van der Waals surface area contributed by atoms with Crippen molar-refractivity contribution in [2.75, 3.05) is 5.75 Å². The number of guanidine groups is 1. The molecular formula is C20H34Cl2N6OS2. The summed E-state index contributed by atoms with van der Waals surface area (Å²) in [7, 11) is 0. The normalized spacial score (nSPS) is 10.3. The van der Waals surface area contributed by atoms with Gasteiger partial charge in [-0.2, -0.15) is 21.7 Å². The van der Waals surface area contributed by atoms with Gasteiger partial charge >= 0.3 is 0 Å². The van der Waals surface area contributed by atoms with Crippen LogP contribution < -0.4 is 17.0 Å². The van der Waals surface area contributed by atoms with Crippen molar-refractivity contribution >= 4 is 59.0 Å². The summed E-state index contributed by atoms with van der Waals surface area (Å²) in [6.07, 6.45) is 8.87. The molecule has 0 aliphatic carbocycles. The van der Waals surface area contributed by atoms with E-state index in [0.29, 0.717) is 5.13 Å². The standard InChI is InChI=1S/C20H32N6OS2.2ClH/c1-3-4-5-6-7-8-9-16-14(2)23-17(25-18(16)27)10-11-28-12-15-13-29-20(24-15)26-19(21)22;;/h13H,3-12H2,1-2H3,(H,23,25,27)(H4,21,22,24,26);2*1H. The highest BCUT2D eigenvalue weighted by Crippen LogP contribution is 2.22. The maximum absolute atomic E-state index is 12.4. The molecule has 0 atom stereocenters. The van der Waals surface area contributed by atoms with Gasteiger partial charge < -0.3 is 16.5 Å². The number of aromatic amines is 1. The lowest BCUT2D eigenvalue weighted by Gasteiger charge is -2.08. The average Bonchev–Trinajstić information content (AvgIpc) is 3.10. The van der Waals surface area contributed by atoms with E-state index in [-0.39, 0.29) is 36.3 Å². The van der Waals surface area contributed by atoms with Crippen molar-refractivity contribution in [1.82, 2.24) is 15.0 Å². The summed E-state index contributed by atoms with van der Waals surface area (Å²) in [6, 6.07) is 0. The second-order valence-corrected chi connectivity index (χ2v) is 9.01. The van der Waals surface area contributed by atoms with Crippen LogP contribution in [0, 0.1) is 6.92 Å². The summed E-state index contributed by atoms with van der Waals surface area (Å²) in [6.45, 7) is 4.20. The molecule has 11 heteroatoms. The fraction of sp³-hybridized carbons (Fsp3) is 0.600. The molecule has 0 aliphatic heterocycles. The highest BCUT2D eigenvalue weighted by molar-refractivity contribution is 7.98. The van der Waals surface area contributed by atoms with Crippen LogP contribution in [0.3, 0.4) is 0 Å². The molecule has 0 bridgehead atoms. The molecule has 0 amide bonds. The molecule has 176 valence electrons. The van der Waals surface area contributed by atoms with E-state index in [4.69, 9.17) is 11.5 Å². The van der Waals surface area contributed by atoms with Gasteiger partial charge in [0.25, 0.3) is 5.56 Å². The number of thioether (sulfide) groups is 1. The number of nitrogens with zero attached hydrogens (tertiary/aromatic N) is 3. The van der Waals surface area contributed by atoms with E-state index in [9.17, 15) is 4.79 Å². The van der Waals surface area contributed by atoms with E-state index in [1.165, 1.54) is 43.4 Å². The number of aliphatic imine (C=N–C) groups is 1. The molecule has 0 aromatic carbocycles. The zero-order chi connectivity index (χ0) is 21.1. The Kier molecular flexibility index (Phi) is 15.7. The van der Waals surface area contributed by atoms with Crippen molar-refractivity contribution in [2.45, 2.75) is 71.0 Å². The predicted octanol–water partition coefficient (Wildman–Crippen LogP) is 4.66. The van der Waals surface area contributed by atoms with E-state index in [1.807, 2.05) is 12.3 Å². The Morgan fingerprint density at radius 3 is 2.52 bits per heavy atom. The molecule has 0 saturated carbocycles. The molecule has 31 heavy (non-hydrogen) atoms. The number of nitrogens with two attached hydrogens (primary N) is 2. The fourth-order valence-corrected chi connectivity index (χ4v) is 4.69. The number of thiazole rings is 1. The maximum Gasteiger partial charge on any atom is 0.276 e. The minimum Gasteiger partial charge on any atom is -0.370 e. The van der Waals surface area contributed by atoms with E-state index >= 15 is 0 Å². The van der Waals surface area contributed by atoms with Crippen LogP contribution in [0.1, 0.15) is 68.2 Å². The van der Waals surface area contributed by atoms with Crippen LogP contribution in [0.4, 0.5) is 5.13 Å². The topological polar surface area (TPSA) is 123 Å². The number of hydrogen-bond acceptors (Lipinski definition) is 6. The molecule has 2 rings (SSSR count). The number of hydrogen-bond donors (Lipinski definition) is 3. The molecule has 0 aliphatic rings. The van der Waals surface area contributed by atoms with Gasteiger partial charge in [-0.3, -0.25) is 4.79 Å². The van der Waals surface area contributed by atoms with E-state index in [2.05, 4.69) is 26.9 Å². The number of rotatable bonds is 13. The molecule has 0 unspecified atom stereocenters. The van der Waals surface area contributed by atoms with Gasteiger partial charge in [-0.25, -0.2) is 4.98 Å². The first-order valence-corrected chi connectivity index (χ1v) is 12.2. The van der Waals surface area contributed by atoms with Gasteiger partial charge in [0.1, 0.15) is 5.82 Å². The Hall–Kier alpha value is -1.29. The zero-order valence-corrected chi connectivity index (χ0v) is 21.5. The third-order valence-corrected chi connectivity index (χ3v) is 6.33. The summed E-state index contributed by atoms with van der Waals surface area (Å²) < 4.78 is 0. The van der Waals surface area contributed by atoms with Crippen molar-refractivity contribution in [1.29, 1.82) is 0 Å². The summed E-state index contributed by atoms with van der Waals surface area (Å²) >= 11 is 3.16. The van der Waals surface area contributed by atoms with Crippen molar-refractivity contribution in [3.8, 4) is 0 Å². The van der Waals surface area contributed by atoms with Crippen molar-refractivity contribution < 1.29 is 0 Å². The van der Waals surface area contributed by atoms with Crippen molar-refractivity contribution in [3.63, 3.8) is 0 Å². The number of halogens is 2. The van der Waals surface area contributed by atoms with Gasteiger partial charge in [-0.15, -0.1) is 36.2 Å².